The van der Waals surface area contributed by atoms with Crippen molar-refractivity contribution in [2.75, 3.05) is 0 Å². The van der Waals surface area contributed by atoms with E-state index in [0.717, 1.165) is 5.56 Å². The van der Waals surface area contributed by atoms with Crippen LogP contribution in [0.5, 0.6) is 0 Å². The molecule has 0 bridgehead atoms. The summed E-state index contributed by atoms with van der Waals surface area (Å²) in [4.78, 5) is 4.04. The lowest BCUT2D eigenvalue weighted by Gasteiger charge is -1.98. The van der Waals surface area contributed by atoms with E-state index < -0.39 is 0 Å². The Morgan fingerprint density at radius 2 is 2.11 bits per heavy atom. The van der Waals surface area contributed by atoms with Crippen molar-refractivity contribution in [3.8, 4) is 0 Å². The molecule has 1 aromatic carbocycles. The highest BCUT2D eigenvalue weighted by atomic mass is 15.3. The number of aryl methyl sites for hydroxylation is 1. The summed E-state index contributed by atoms with van der Waals surface area (Å²) in [6.45, 7) is 2.78. The molecular weight excluding hydrogens is 234 g/mol. The Morgan fingerprint density at radius 1 is 1.21 bits per heavy atom. The van der Waals surface area contributed by atoms with Crippen LogP contribution in [-0.2, 0) is 6.54 Å². The molecule has 2 aromatic rings. The van der Waals surface area contributed by atoms with E-state index >= 15 is 0 Å². The molecule has 0 saturated carbocycles. The third kappa shape index (κ3) is 4.39. The van der Waals surface area contributed by atoms with Crippen LogP contribution in [0.15, 0.2) is 60.0 Å². The summed E-state index contributed by atoms with van der Waals surface area (Å²) >= 11 is 0. The maximum absolute atomic E-state index is 4.12. The Balaban J connectivity index is 1.79. The number of nitrogens with one attached hydrogen (secondary N) is 1. The molecule has 0 spiro atoms. The van der Waals surface area contributed by atoms with E-state index in [2.05, 4.69) is 34.6 Å². The summed E-state index contributed by atoms with van der Waals surface area (Å²) in [5.74, 6) is 0. The summed E-state index contributed by atoms with van der Waals surface area (Å²) in [6, 6.07) is 12.2. The maximum atomic E-state index is 4.12. The number of hydrogen-bond donors (Lipinski definition) is 1. The lowest BCUT2D eigenvalue weighted by molar-refractivity contribution is 0.745. The van der Waals surface area contributed by atoms with Gasteiger partial charge in [0, 0.05) is 18.6 Å². The highest BCUT2D eigenvalue weighted by molar-refractivity contribution is 5.78. The van der Waals surface area contributed by atoms with Gasteiger partial charge in [0.05, 0.1) is 6.54 Å². The third-order valence-corrected chi connectivity index (χ3v) is 2.72. The van der Waals surface area contributed by atoms with Crippen molar-refractivity contribution in [2.45, 2.75) is 13.5 Å². The second kappa shape index (κ2) is 7.11. The monoisotopic (exact) mass is 251 g/mol. The molecule has 0 unspecified atom stereocenters. The van der Waals surface area contributed by atoms with Gasteiger partial charge >= 0.3 is 0 Å². The molecule has 1 N–H and O–H groups in total. The van der Waals surface area contributed by atoms with E-state index in [0.29, 0.717) is 6.54 Å². The number of pyridine rings is 1. The molecule has 3 heteroatoms. The average Bonchev–Trinajstić information content (AvgIpc) is 2.45. The first-order valence-electron chi connectivity index (χ1n) is 6.23. The number of nitrogens with zero attached hydrogens (tertiary/aromatic N) is 2. The van der Waals surface area contributed by atoms with Crippen LogP contribution in [0.4, 0.5) is 0 Å². The molecule has 0 saturated heterocycles. The average molecular weight is 251 g/mol. The molecule has 3 nitrogen and oxygen atoms in total. The van der Waals surface area contributed by atoms with Gasteiger partial charge in [0.15, 0.2) is 0 Å². The van der Waals surface area contributed by atoms with E-state index in [-0.39, 0.29) is 0 Å². The normalized spacial score (nSPS) is 11.2. The van der Waals surface area contributed by atoms with Crippen LogP contribution < -0.4 is 5.43 Å². The van der Waals surface area contributed by atoms with Crippen molar-refractivity contribution in [1.29, 1.82) is 0 Å². The highest BCUT2D eigenvalue weighted by Gasteiger charge is 1.89. The van der Waals surface area contributed by atoms with Crippen LogP contribution in [0.3, 0.4) is 0 Å². The molecule has 19 heavy (non-hydrogen) atoms. The number of benzene rings is 1. The summed E-state index contributed by atoms with van der Waals surface area (Å²) in [6.07, 6.45) is 9.31. The van der Waals surface area contributed by atoms with E-state index in [1.54, 1.807) is 12.4 Å². The Bertz CT molecular complexity index is 559. The number of aromatic nitrogens is 1. The van der Waals surface area contributed by atoms with Gasteiger partial charge in [-0.25, -0.2) is 0 Å². The molecule has 0 aliphatic heterocycles. The predicted octanol–water partition coefficient (Wildman–Crippen LogP) is 3.18. The molecule has 0 radical (unpaired) electrons. The van der Waals surface area contributed by atoms with E-state index in [1.807, 2.05) is 42.6 Å². The molecule has 0 atom stereocenters. The van der Waals surface area contributed by atoms with Gasteiger partial charge in [0.25, 0.3) is 0 Å². The smallest absolute Gasteiger partial charge is 0.0595 e. The van der Waals surface area contributed by atoms with E-state index in [1.165, 1.54) is 11.1 Å². The number of allylic oxidation sites excluding steroid dienone is 1. The molecule has 0 aliphatic rings. The second-order valence-corrected chi connectivity index (χ2v) is 4.19. The van der Waals surface area contributed by atoms with Crippen LogP contribution in [0.1, 0.15) is 16.7 Å². The number of hydrogen-bond acceptors (Lipinski definition) is 3. The van der Waals surface area contributed by atoms with Crippen molar-refractivity contribution in [2.24, 2.45) is 5.10 Å². The Kier molecular flexibility index (Phi) is 4.87. The number of hydrazone groups is 1. The summed E-state index contributed by atoms with van der Waals surface area (Å²) in [5.41, 5.74) is 6.56. The largest absolute Gasteiger partial charge is 0.306 e. The van der Waals surface area contributed by atoms with Gasteiger partial charge in [-0.2, -0.15) is 5.10 Å². The van der Waals surface area contributed by atoms with Gasteiger partial charge in [-0.1, -0.05) is 36.4 Å². The van der Waals surface area contributed by atoms with Crippen molar-refractivity contribution in [3.05, 3.63) is 71.6 Å². The SMILES string of the molecule is Cc1ccccc1/C=C/C=N/NCc1cccnc1. The lowest BCUT2D eigenvalue weighted by Crippen LogP contribution is -2.04. The van der Waals surface area contributed by atoms with Gasteiger partial charge in [-0.05, 0) is 35.8 Å². The van der Waals surface area contributed by atoms with Gasteiger partial charge in [-0.3, -0.25) is 4.98 Å². The first-order chi connectivity index (χ1) is 9.36. The van der Waals surface area contributed by atoms with Crippen LogP contribution in [0.25, 0.3) is 6.08 Å². The van der Waals surface area contributed by atoms with Crippen LogP contribution in [0, 0.1) is 6.92 Å². The molecule has 0 fully saturated rings. The van der Waals surface area contributed by atoms with Gasteiger partial charge in [0.1, 0.15) is 0 Å². The molecular formula is C16H17N3. The predicted molar refractivity (Wildman–Crippen MR) is 79.8 cm³/mol. The Morgan fingerprint density at radius 3 is 2.89 bits per heavy atom. The fraction of sp³-hybridized carbons (Fsp3) is 0.125. The minimum Gasteiger partial charge on any atom is -0.306 e. The zero-order valence-corrected chi connectivity index (χ0v) is 11.0. The summed E-state index contributed by atoms with van der Waals surface area (Å²) in [7, 11) is 0. The standard InChI is InChI=1S/C16H17N3/c1-14-6-2-3-8-16(14)9-5-11-18-19-13-15-7-4-10-17-12-15/h2-12,19H,13H2,1H3/b9-5+,18-11+. The molecule has 1 heterocycles. The van der Waals surface area contributed by atoms with Crippen molar-refractivity contribution >= 4 is 12.3 Å². The van der Waals surface area contributed by atoms with Crippen molar-refractivity contribution < 1.29 is 0 Å². The highest BCUT2D eigenvalue weighted by Crippen LogP contribution is 2.07. The molecule has 0 amide bonds. The topological polar surface area (TPSA) is 37.3 Å². The van der Waals surface area contributed by atoms with Crippen molar-refractivity contribution in [3.63, 3.8) is 0 Å². The quantitative estimate of drug-likeness (QED) is 0.654. The minimum absolute atomic E-state index is 0.683. The molecule has 2 rings (SSSR count). The molecule has 0 aliphatic carbocycles. The van der Waals surface area contributed by atoms with Gasteiger partial charge in [-0.15, -0.1) is 0 Å². The Hall–Kier alpha value is -2.42. The first kappa shape index (κ1) is 13.0. The summed E-state index contributed by atoms with van der Waals surface area (Å²) in [5, 5.41) is 4.12. The van der Waals surface area contributed by atoms with E-state index in [4.69, 9.17) is 0 Å². The maximum Gasteiger partial charge on any atom is 0.0595 e. The van der Waals surface area contributed by atoms with Crippen LogP contribution in [0.2, 0.25) is 0 Å². The zero-order valence-electron chi connectivity index (χ0n) is 11.0. The first-order valence-corrected chi connectivity index (χ1v) is 6.23. The van der Waals surface area contributed by atoms with Gasteiger partial charge < -0.3 is 5.43 Å². The van der Waals surface area contributed by atoms with Gasteiger partial charge in [0.2, 0.25) is 0 Å². The molecule has 1 aromatic heterocycles. The summed E-state index contributed by atoms with van der Waals surface area (Å²) < 4.78 is 0. The van der Waals surface area contributed by atoms with Crippen molar-refractivity contribution in [1.82, 2.24) is 10.4 Å². The molecule has 96 valence electrons. The van der Waals surface area contributed by atoms with Crippen LogP contribution >= 0.6 is 0 Å². The Labute approximate surface area is 113 Å². The lowest BCUT2D eigenvalue weighted by atomic mass is 10.1. The van der Waals surface area contributed by atoms with Crippen LogP contribution in [-0.4, -0.2) is 11.2 Å². The minimum atomic E-state index is 0.683. The third-order valence-electron chi connectivity index (χ3n) is 2.72. The zero-order chi connectivity index (χ0) is 13.3. The number of rotatable bonds is 5. The fourth-order valence-electron chi connectivity index (χ4n) is 1.66. The van der Waals surface area contributed by atoms with E-state index in [9.17, 15) is 0 Å². The second-order valence-electron chi connectivity index (χ2n) is 4.19. The fourth-order valence-corrected chi connectivity index (χ4v) is 1.66.